The molecule has 1 aromatic heterocycles. The quantitative estimate of drug-likeness (QED) is 0.608. The van der Waals surface area contributed by atoms with Gasteiger partial charge in [-0.1, -0.05) is 11.6 Å². The summed E-state index contributed by atoms with van der Waals surface area (Å²) in [5, 5.41) is 0.602. The second kappa shape index (κ2) is 6.95. The normalized spacial score (nSPS) is 16.2. The molecule has 1 aliphatic rings. The van der Waals surface area contributed by atoms with Crippen molar-refractivity contribution < 1.29 is 19.1 Å². The molecule has 1 aliphatic heterocycles. The maximum atomic E-state index is 12.2. The van der Waals surface area contributed by atoms with Crippen LogP contribution in [0.1, 0.15) is 25.7 Å². The number of fused-ring (bicyclic) bond motifs is 1. The van der Waals surface area contributed by atoms with Gasteiger partial charge in [-0.3, -0.25) is 9.59 Å². The molecular formula is C18H17ClO4S. The molecule has 0 fully saturated rings. The predicted molar refractivity (Wildman–Crippen MR) is 93.2 cm³/mol. The van der Waals surface area contributed by atoms with Crippen LogP contribution >= 0.6 is 22.9 Å². The third-order valence-electron chi connectivity index (χ3n) is 3.95. The van der Waals surface area contributed by atoms with Gasteiger partial charge in [0, 0.05) is 20.3 Å². The number of halogens is 1. The first-order valence-electron chi connectivity index (χ1n) is 7.62. The fraction of sp³-hybridized carbons (Fsp3) is 0.333. The molecule has 0 bridgehead atoms. The zero-order valence-corrected chi connectivity index (χ0v) is 15.0. The molecule has 2 heterocycles. The number of esters is 1. The molecule has 0 aliphatic carbocycles. The van der Waals surface area contributed by atoms with Crippen LogP contribution in [0.4, 0.5) is 0 Å². The smallest absolute Gasteiger partial charge is 0.313 e. The summed E-state index contributed by atoms with van der Waals surface area (Å²) < 4.78 is 10.8. The van der Waals surface area contributed by atoms with Gasteiger partial charge in [0.15, 0.2) is 6.61 Å². The van der Waals surface area contributed by atoms with Crippen LogP contribution in [0.3, 0.4) is 0 Å². The summed E-state index contributed by atoms with van der Waals surface area (Å²) in [7, 11) is 0. The van der Waals surface area contributed by atoms with Gasteiger partial charge in [-0.05, 0) is 50.1 Å². The summed E-state index contributed by atoms with van der Waals surface area (Å²) in [4.78, 5) is 26.4. The van der Waals surface area contributed by atoms with Crippen LogP contribution in [-0.4, -0.2) is 25.0 Å². The van der Waals surface area contributed by atoms with Gasteiger partial charge in [0.05, 0.1) is 5.92 Å². The number of aryl methyl sites for hydroxylation is 2. The zero-order chi connectivity index (χ0) is 17.3. The number of ether oxygens (including phenoxy) is 2. The molecule has 0 N–H and O–H groups in total. The molecule has 4 nitrogen and oxygen atoms in total. The summed E-state index contributed by atoms with van der Waals surface area (Å²) in [6.07, 6.45) is 0.500. The number of carbonyl (C=O) groups excluding carboxylic acids is 2. The fourth-order valence-electron chi connectivity index (χ4n) is 2.75. The van der Waals surface area contributed by atoms with Crippen molar-refractivity contribution in [3.05, 3.63) is 50.2 Å². The SMILES string of the molecule is Cc1cc(C(=O)COC(=O)[C@@H]2COc3ccc(Cl)cc3C2)c(C)s1. The molecule has 0 saturated carbocycles. The van der Waals surface area contributed by atoms with Crippen LogP contribution in [-0.2, 0) is 16.0 Å². The molecule has 6 heteroatoms. The lowest BCUT2D eigenvalue weighted by Crippen LogP contribution is -2.31. The van der Waals surface area contributed by atoms with E-state index in [2.05, 4.69) is 0 Å². The Bertz CT molecular complexity index is 796. The van der Waals surface area contributed by atoms with E-state index in [1.807, 2.05) is 19.9 Å². The number of ketones is 1. The lowest BCUT2D eigenvalue weighted by atomic mass is 9.97. The van der Waals surface area contributed by atoms with Crippen molar-refractivity contribution >= 4 is 34.7 Å². The van der Waals surface area contributed by atoms with Gasteiger partial charge < -0.3 is 9.47 Å². The first kappa shape index (κ1) is 17.0. The van der Waals surface area contributed by atoms with Crippen LogP contribution in [0.2, 0.25) is 5.02 Å². The lowest BCUT2D eigenvalue weighted by molar-refractivity contribution is -0.148. The second-order valence-corrected chi connectivity index (χ2v) is 7.72. The summed E-state index contributed by atoms with van der Waals surface area (Å²) in [6, 6.07) is 7.17. The molecule has 0 radical (unpaired) electrons. The first-order chi connectivity index (χ1) is 11.4. The van der Waals surface area contributed by atoms with Gasteiger partial charge in [0.1, 0.15) is 12.4 Å². The molecule has 0 saturated heterocycles. The maximum Gasteiger partial charge on any atom is 0.313 e. The van der Waals surface area contributed by atoms with E-state index in [1.165, 1.54) is 0 Å². The van der Waals surface area contributed by atoms with Crippen LogP contribution in [0.25, 0.3) is 0 Å². The Hall–Kier alpha value is -1.85. The highest BCUT2D eigenvalue weighted by atomic mass is 35.5. The molecule has 0 amide bonds. The van der Waals surface area contributed by atoms with Crippen molar-refractivity contribution in [2.75, 3.05) is 13.2 Å². The van der Waals surface area contributed by atoms with Gasteiger partial charge in [-0.2, -0.15) is 0 Å². The number of Topliss-reactive ketones (excluding diaryl/α,β-unsaturated/α-hetero) is 1. The van der Waals surface area contributed by atoms with Gasteiger partial charge in [0.2, 0.25) is 5.78 Å². The maximum absolute atomic E-state index is 12.2. The number of hydrogen-bond donors (Lipinski definition) is 0. The van der Waals surface area contributed by atoms with E-state index < -0.39 is 11.9 Å². The molecule has 0 spiro atoms. The van der Waals surface area contributed by atoms with E-state index in [1.54, 1.807) is 29.5 Å². The van der Waals surface area contributed by atoms with Crippen LogP contribution in [0.15, 0.2) is 24.3 Å². The molecule has 1 atom stereocenters. The Morgan fingerprint density at radius 1 is 1.33 bits per heavy atom. The average molecular weight is 365 g/mol. The third kappa shape index (κ3) is 3.62. The number of carbonyl (C=O) groups is 2. The predicted octanol–water partition coefficient (Wildman–Crippen LogP) is 4.00. The largest absolute Gasteiger partial charge is 0.492 e. The molecule has 0 unspecified atom stereocenters. The Labute approximate surface area is 149 Å². The van der Waals surface area contributed by atoms with E-state index in [-0.39, 0.29) is 19.0 Å². The molecule has 1 aromatic carbocycles. The van der Waals surface area contributed by atoms with E-state index in [4.69, 9.17) is 21.1 Å². The Morgan fingerprint density at radius 2 is 2.12 bits per heavy atom. The molecule has 2 aromatic rings. The Morgan fingerprint density at radius 3 is 2.83 bits per heavy atom. The Kier molecular flexibility index (Phi) is 4.92. The van der Waals surface area contributed by atoms with Crippen LogP contribution < -0.4 is 4.74 Å². The van der Waals surface area contributed by atoms with Crippen molar-refractivity contribution in [1.82, 2.24) is 0 Å². The summed E-state index contributed by atoms with van der Waals surface area (Å²) in [5.74, 6) is -0.276. The summed E-state index contributed by atoms with van der Waals surface area (Å²) >= 11 is 7.54. The third-order valence-corrected chi connectivity index (χ3v) is 5.15. The molecule has 24 heavy (non-hydrogen) atoms. The number of hydrogen-bond acceptors (Lipinski definition) is 5. The van der Waals surface area contributed by atoms with E-state index in [9.17, 15) is 9.59 Å². The van der Waals surface area contributed by atoms with E-state index >= 15 is 0 Å². The standard InChI is InChI=1S/C18H17ClO4S/c1-10-5-15(11(2)24-10)16(20)9-23-18(21)13-6-12-7-14(19)3-4-17(12)22-8-13/h3-5,7,13H,6,8-9H2,1-2H3/t13-/m0/s1. The van der Waals surface area contributed by atoms with Crippen LogP contribution in [0, 0.1) is 19.8 Å². The number of rotatable bonds is 4. The molecule has 3 rings (SSSR count). The minimum atomic E-state index is -0.422. The van der Waals surface area contributed by atoms with Gasteiger partial charge in [0.25, 0.3) is 0 Å². The van der Waals surface area contributed by atoms with Crippen molar-refractivity contribution in [3.63, 3.8) is 0 Å². The van der Waals surface area contributed by atoms with Gasteiger partial charge >= 0.3 is 5.97 Å². The topological polar surface area (TPSA) is 52.6 Å². The highest BCUT2D eigenvalue weighted by Crippen LogP contribution is 2.30. The highest BCUT2D eigenvalue weighted by Gasteiger charge is 2.28. The summed E-state index contributed by atoms with van der Waals surface area (Å²) in [6.45, 7) is 3.85. The fourth-order valence-corrected chi connectivity index (χ4v) is 3.89. The second-order valence-electron chi connectivity index (χ2n) is 5.82. The Balaban J connectivity index is 1.60. The van der Waals surface area contributed by atoms with Crippen molar-refractivity contribution in [2.24, 2.45) is 5.92 Å². The van der Waals surface area contributed by atoms with Gasteiger partial charge in [-0.15, -0.1) is 11.3 Å². The molecule has 126 valence electrons. The zero-order valence-electron chi connectivity index (χ0n) is 13.4. The van der Waals surface area contributed by atoms with Crippen molar-refractivity contribution in [1.29, 1.82) is 0 Å². The first-order valence-corrected chi connectivity index (χ1v) is 8.81. The highest BCUT2D eigenvalue weighted by molar-refractivity contribution is 7.12. The van der Waals surface area contributed by atoms with Crippen molar-refractivity contribution in [2.45, 2.75) is 20.3 Å². The van der Waals surface area contributed by atoms with E-state index in [0.29, 0.717) is 17.0 Å². The number of benzene rings is 1. The average Bonchev–Trinajstić information content (AvgIpc) is 2.90. The molecular weight excluding hydrogens is 348 g/mol. The monoisotopic (exact) mass is 364 g/mol. The minimum absolute atomic E-state index is 0.176. The van der Waals surface area contributed by atoms with Crippen LogP contribution in [0.5, 0.6) is 5.75 Å². The number of thiophene rings is 1. The lowest BCUT2D eigenvalue weighted by Gasteiger charge is -2.24. The minimum Gasteiger partial charge on any atom is -0.492 e. The van der Waals surface area contributed by atoms with Crippen molar-refractivity contribution in [3.8, 4) is 5.75 Å². The van der Waals surface area contributed by atoms with E-state index in [0.717, 1.165) is 21.1 Å². The summed E-state index contributed by atoms with van der Waals surface area (Å²) in [5.41, 5.74) is 1.51. The van der Waals surface area contributed by atoms with Gasteiger partial charge in [-0.25, -0.2) is 0 Å².